The van der Waals surface area contributed by atoms with Crippen LogP contribution in [-0.2, 0) is 0 Å². The van der Waals surface area contributed by atoms with E-state index in [1.807, 2.05) is 0 Å². The first-order valence-corrected chi connectivity index (χ1v) is 5.87. The number of nitrogens with one attached hydrogen (secondary N) is 1. The van der Waals surface area contributed by atoms with E-state index in [2.05, 4.69) is 32.0 Å². The van der Waals surface area contributed by atoms with E-state index in [1.54, 1.807) is 0 Å². The highest BCUT2D eigenvalue weighted by molar-refractivity contribution is 4.92. The minimum atomic E-state index is 0.250. The monoisotopic (exact) mass is 195 g/mol. The highest BCUT2D eigenvalue weighted by Crippen LogP contribution is 2.18. The van der Waals surface area contributed by atoms with Crippen LogP contribution in [0.4, 0.5) is 0 Å². The van der Waals surface area contributed by atoms with Crippen LogP contribution in [0.3, 0.4) is 0 Å². The molecular formula is C13H25N. The summed E-state index contributed by atoms with van der Waals surface area (Å²) in [6.45, 7) is 7.44. The zero-order valence-corrected chi connectivity index (χ0v) is 10.0. The lowest BCUT2D eigenvalue weighted by molar-refractivity contribution is 0.321. The van der Waals surface area contributed by atoms with Crippen molar-refractivity contribution in [2.24, 2.45) is 0 Å². The van der Waals surface area contributed by atoms with Crippen molar-refractivity contribution in [3.8, 4) is 12.3 Å². The third kappa shape index (κ3) is 6.05. The van der Waals surface area contributed by atoms with E-state index >= 15 is 0 Å². The average molecular weight is 195 g/mol. The minimum Gasteiger partial charge on any atom is -0.301 e. The van der Waals surface area contributed by atoms with Gasteiger partial charge in [-0.3, -0.25) is 0 Å². The van der Waals surface area contributed by atoms with Crippen molar-refractivity contribution in [2.45, 2.75) is 64.8 Å². The highest BCUT2D eigenvalue weighted by atomic mass is 14.9. The molecule has 0 bridgehead atoms. The van der Waals surface area contributed by atoms with Gasteiger partial charge in [-0.05, 0) is 19.8 Å². The topological polar surface area (TPSA) is 12.0 Å². The van der Waals surface area contributed by atoms with E-state index in [0.717, 1.165) is 6.42 Å². The number of unbranched alkanes of at least 4 members (excludes halogenated alkanes) is 3. The fourth-order valence-electron chi connectivity index (χ4n) is 1.60. The summed E-state index contributed by atoms with van der Waals surface area (Å²) in [6.07, 6.45) is 13.0. The molecule has 0 saturated carbocycles. The smallest absolute Gasteiger partial charge is 0.0577 e. The summed E-state index contributed by atoms with van der Waals surface area (Å²) in [5.41, 5.74) is 0.250. The summed E-state index contributed by atoms with van der Waals surface area (Å²) in [5.74, 6) is 2.65. The fourth-order valence-corrected chi connectivity index (χ4v) is 1.60. The third-order valence-electron chi connectivity index (χ3n) is 2.98. The Morgan fingerprint density at radius 2 is 1.93 bits per heavy atom. The second-order valence-electron chi connectivity index (χ2n) is 4.28. The Bertz CT molecular complexity index is 169. The molecule has 0 saturated heterocycles. The van der Waals surface area contributed by atoms with Crippen LogP contribution in [0.5, 0.6) is 0 Å². The van der Waals surface area contributed by atoms with E-state index in [0.29, 0.717) is 6.54 Å². The van der Waals surface area contributed by atoms with Gasteiger partial charge in [0.2, 0.25) is 0 Å². The summed E-state index contributed by atoms with van der Waals surface area (Å²) >= 11 is 0. The standard InChI is InChI=1S/C13H25N/c1-5-8-9-10-11-13(4,7-3)14-12-6-2/h2,14H,5,7-12H2,1,3-4H3. The molecule has 1 unspecified atom stereocenters. The Kier molecular flexibility index (Phi) is 7.61. The lowest BCUT2D eigenvalue weighted by Crippen LogP contribution is -2.41. The molecule has 1 N–H and O–H groups in total. The molecule has 0 radical (unpaired) electrons. The molecule has 0 spiro atoms. The van der Waals surface area contributed by atoms with Crippen LogP contribution in [0, 0.1) is 12.3 Å². The first-order chi connectivity index (χ1) is 6.68. The molecule has 1 atom stereocenters. The number of hydrogen-bond acceptors (Lipinski definition) is 1. The van der Waals surface area contributed by atoms with Gasteiger partial charge in [-0.25, -0.2) is 0 Å². The summed E-state index contributed by atoms with van der Waals surface area (Å²) in [7, 11) is 0. The predicted octanol–water partition coefficient (Wildman–Crippen LogP) is 3.35. The summed E-state index contributed by atoms with van der Waals surface area (Å²) in [4.78, 5) is 0. The quantitative estimate of drug-likeness (QED) is 0.462. The molecular weight excluding hydrogens is 170 g/mol. The minimum absolute atomic E-state index is 0.250. The molecule has 0 amide bonds. The van der Waals surface area contributed by atoms with Crippen molar-refractivity contribution in [2.75, 3.05) is 6.54 Å². The van der Waals surface area contributed by atoms with Gasteiger partial charge in [0.15, 0.2) is 0 Å². The van der Waals surface area contributed by atoms with Crippen LogP contribution < -0.4 is 5.32 Å². The van der Waals surface area contributed by atoms with E-state index in [-0.39, 0.29) is 5.54 Å². The number of rotatable bonds is 8. The predicted molar refractivity (Wildman–Crippen MR) is 64.3 cm³/mol. The van der Waals surface area contributed by atoms with Crippen LogP contribution in [0.1, 0.15) is 59.3 Å². The molecule has 0 aromatic heterocycles. The average Bonchev–Trinajstić information content (AvgIpc) is 2.22. The molecule has 14 heavy (non-hydrogen) atoms. The molecule has 0 aliphatic heterocycles. The van der Waals surface area contributed by atoms with Crippen LogP contribution in [0.15, 0.2) is 0 Å². The Morgan fingerprint density at radius 3 is 2.43 bits per heavy atom. The van der Waals surface area contributed by atoms with Crippen molar-refractivity contribution < 1.29 is 0 Å². The van der Waals surface area contributed by atoms with Gasteiger partial charge in [0.25, 0.3) is 0 Å². The Morgan fingerprint density at radius 1 is 1.21 bits per heavy atom. The van der Waals surface area contributed by atoms with Gasteiger partial charge in [0.05, 0.1) is 6.54 Å². The van der Waals surface area contributed by atoms with Crippen molar-refractivity contribution in [1.82, 2.24) is 5.32 Å². The van der Waals surface area contributed by atoms with E-state index in [4.69, 9.17) is 6.42 Å². The maximum absolute atomic E-state index is 5.25. The molecule has 0 aromatic carbocycles. The Hall–Kier alpha value is -0.480. The lowest BCUT2D eigenvalue weighted by Gasteiger charge is -2.29. The first kappa shape index (κ1) is 13.5. The van der Waals surface area contributed by atoms with E-state index < -0.39 is 0 Å². The Balaban J connectivity index is 3.70. The maximum Gasteiger partial charge on any atom is 0.0577 e. The van der Waals surface area contributed by atoms with E-state index in [9.17, 15) is 0 Å². The fraction of sp³-hybridized carbons (Fsp3) is 0.846. The molecule has 0 rings (SSSR count). The third-order valence-corrected chi connectivity index (χ3v) is 2.98. The second kappa shape index (κ2) is 7.88. The van der Waals surface area contributed by atoms with Gasteiger partial charge < -0.3 is 5.32 Å². The highest BCUT2D eigenvalue weighted by Gasteiger charge is 2.19. The van der Waals surface area contributed by atoms with Crippen molar-refractivity contribution in [3.63, 3.8) is 0 Å². The second-order valence-corrected chi connectivity index (χ2v) is 4.28. The number of hydrogen-bond donors (Lipinski definition) is 1. The zero-order valence-electron chi connectivity index (χ0n) is 10.0. The molecule has 82 valence electrons. The molecule has 1 heteroatoms. The van der Waals surface area contributed by atoms with Crippen molar-refractivity contribution in [3.05, 3.63) is 0 Å². The van der Waals surface area contributed by atoms with Gasteiger partial charge in [0, 0.05) is 5.54 Å². The number of terminal acetylenes is 1. The molecule has 0 aliphatic rings. The lowest BCUT2D eigenvalue weighted by atomic mass is 9.91. The first-order valence-electron chi connectivity index (χ1n) is 5.87. The molecule has 1 nitrogen and oxygen atoms in total. The SMILES string of the molecule is C#CCNC(C)(CC)CCCCCC. The summed E-state index contributed by atoms with van der Waals surface area (Å²) in [5, 5.41) is 3.44. The zero-order chi connectivity index (χ0) is 10.9. The molecule has 0 aromatic rings. The van der Waals surface area contributed by atoms with Gasteiger partial charge >= 0.3 is 0 Å². The van der Waals surface area contributed by atoms with Crippen LogP contribution in [-0.4, -0.2) is 12.1 Å². The molecule has 0 fully saturated rings. The maximum atomic E-state index is 5.25. The van der Waals surface area contributed by atoms with Gasteiger partial charge in [-0.1, -0.05) is 45.5 Å². The van der Waals surface area contributed by atoms with Gasteiger partial charge in [-0.15, -0.1) is 6.42 Å². The van der Waals surface area contributed by atoms with Crippen LogP contribution >= 0.6 is 0 Å². The van der Waals surface area contributed by atoms with Gasteiger partial charge in [0.1, 0.15) is 0 Å². The largest absolute Gasteiger partial charge is 0.301 e. The normalized spacial score (nSPS) is 14.7. The van der Waals surface area contributed by atoms with E-state index in [1.165, 1.54) is 32.1 Å². The Labute approximate surface area is 89.7 Å². The van der Waals surface area contributed by atoms with Crippen LogP contribution in [0.2, 0.25) is 0 Å². The molecule has 0 aliphatic carbocycles. The van der Waals surface area contributed by atoms with Gasteiger partial charge in [-0.2, -0.15) is 0 Å². The van der Waals surface area contributed by atoms with Crippen LogP contribution in [0.25, 0.3) is 0 Å². The van der Waals surface area contributed by atoms with Crippen molar-refractivity contribution >= 4 is 0 Å². The summed E-state index contributed by atoms with van der Waals surface area (Å²) in [6, 6.07) is 0. The summed E-state index contributed by atoms with van der Waals surface area (Å²) < 4.78 is 0. The molecule has 0 heterocycles. The van der Waals surface area contributed by atoms with Crippen molar-refractivity contribution in [1.29, 1.82) is 0 Å².